The van der Waals surface area contributed by atoms with Gasteiger partial charge in [0.15, 0.2) is 0 Å². The molecular formula is C22H39NO4. The number of hydrogen-bond acceptors (Lipinski definition) is 4. The number of allylic oxidation sites excluding steroid dienone is 1. The highest BCUT2D eigenvalue weighted by Crippen LogP contribution is 2.20. The Bertz CT molecular complexity index is 448. The summed E-state index contributed by atoms with van der Waals surface area (Å²) in [6.45, 7) is 5.59. The molecule has 0 radical (unpaired) electrons. The van der Waals surface area contributed by atoms with E-state index >= 15 is 0 Å². The highest BCUT2D eigenvalue weighted by Gasteiger charge is 2.20. The molecule has 5 heteroatoms. The molecule has 1 amide bonds. The fraction of sp³-hybridized carbons (Fsp3) is 0.818. The van der Waals surface area contributed by atoms with Gasteiger partial charge < -0.3 is 9.47 Å². The van der Waals surface area contributed by atoms with Crippen molar-refractivity contribution in [2.45, 2.75) is 97.3 Å². The molecule has 0 bridgehead atoms. The van der Waals surface area contributed by atoms with Crippen molar-refractivity contribution < 1.29 is 19.1 Å². The number of carbonyl (C=O) groups excluding carboxylic acids is 2. The summed E-state index contributed by atoms with van der Waals surface area (Å²) in [6.07, 6.45) is 16.4. The SMILES string of the molecule is CCCCCCCCCCC/C(=C\N1CCOC1=O)CCCC(=O)OCC. The molecule has 0 aromatic rings. The van der Waals surface area contributed by atoms with Crippen molar-refractivity contribution in [1.29, 1.82) is 0 Å². The van der Waals surface area contributed by atoms with Crippen molar-refractivity contribution in [3.63, 3.8) is 0 Å². The van der Waals surface area contributed by atoms with Crippen molar-refractivity contribution >= 4 is 12.1 Å². The van der Waals surface area contributed by atoms with E-state index in [4.69, 9.17) is 9.47 Å². The van der Waals surface area contributed by atoms with Gasteiger partial charge >= 0.3 is 12.1 Å². The molecule has 1 aliphatic rings. The molecule has 1 fully saturated rings. The van der Waals surface area contributed by atoms with E-state index in [-0.39, 0.29) is 12.1 Å². The van der Waals surface area contributed by atoms with Gasteiger partial charge in [0.2, 0.25) is 0 Å². The molecule has 0 aromatic carbocycles. The summed E-state index contributed by atoms with van der Waals surface area (Å²) in [5.74, 6) is -0.138. The van der Waals surface area contributed by atoms with Crippen LogP contribution in [0.3, 0.4) is 0 Å². The zero-order valence-electron chi connectivity index (χ0n) is 17.5. The van der Waals surface area contributed by atoms with Gasteiger partial charge in [0, 0.05) is 12.6 Å². The van der Waals surface area contributed by atoms with Crippen LogP contribution in [0.1, 0.15) is 97.3 Å². The number of hydrogen-bond donors (Lipinski definition) is 0. The van der Waals surface area contributed by atoms with Gasteiger partial charge in [0.1, 0.15) is 6.61 Å². The first-order valence-corrected chi connectivity index (χ1v) is 11.0. The van der Waals surface area contributed by atoms with Gasteiger partial charge in [-0.3, -0.25) is 9.69 Å². The van der Waals surface area contributed by atoms with E-state index in [1.807, 2.05) is 13.1 Å². The number of unbranched alkanes of at least 4 members (excludes halogenated alkanes) is 8. The molecule has 1 saturated heterocycles. The Morgan fingerprint density at radius 3 is 2.19 bits per heavy atom. The van der Waals surface area contributed by atoms with Crippen LogP contribution in [-0.2, 0) is 14.3 Å². The summed E-state index contributed by atoms with van der Waals surface area (Å²) in [6, 6.07) is 0. The molecule has 1 aliphatic heterocycles. The molecule has 0 saturated carbocycles. The summed E-state index contributed by atoms with van der Waals surface area (Å²) in [4.78, 5) is 24.9. The quantitative estimate of drug-likeness (QED) is 0.244. The third-order valence-corrected chi connectivity index (χ3v) is 4.92. The van der Waals surface area contributed by atoms with Crippen LogP contribution in [0, 0.1) is 0 Å². The Hall–Kier alpha value is -1.52. The molecule has 156 valence electrons. The van der Waals surface area contributed by atoms with Crippen LogP contribution in [0.25, 0.3) is 0 Å². The van der Waals surface area contributed by atoms with Crippen LogP contribution in [0.5, 0.6) is 0 Å². The third kappa shape index (κ3) is 11.7. The van der Waals surface area contributed by atoms with Crippen molar-refractivity contribution in [3.05, 3.63) is 11.8 Å². The highest BCUT2D eigenvalue weighted by atomic mass is 16.6. The van der Waals surface area contributed by atoms with E-state index in [0.29, 0.717) is 26.2 Å². The van der Waals surface area contributed by atoms with Crippen molar-refractivity contribution in [1.82, 2.24) is 4.90 Å². The number of nitrogens with zero attached hydrogens (tertiary/aromatic N) is 1. The second-order valence-electron chi connectivity index (χ2n) is 7.33. The molecular weight excluding hydrogens is 342 g/mol. The van der Waals surface area contributed by atoms with E-state index in [0.717, 1.165) is 25.7 Å². The molecule has 0 aliphatic carbocycles. The molecule has 0 unspecified atom stereocenters. The first-order chi connectivity index (χ1) is 13.2. The van der Waals surface area contributed by atoms with Crippen LogP contribution in [0.15, 0.2) is 11.8 Å². The first-order valence-electron chi connectivity index (χ1n) is 11.0. The molecule has 1 heterocycles. The zero-order chi connectivity index (χ0) is 19.7. The van der Waals surface area contributed by atoms with E-state index in [9.17, 15) is 9.59 Å². The Kier molecular flexibility index (Phi) is 13.5. The van der Waals surface area contributed by atoms with Gasteiger partial charge in [-0.15, -0.1) is 0 Å². The van der Waals surface area contributed by atoms with Gasteiger partial charge in [0.05, 0.1) is 13.2 Å². The average molecular weight is 382 g/mol. The maximum Gasteiger partial charge on any atom is 0.413 e. The fourth-order valence-electron chi connectivity index (χ4n) is 3.35. The van der Waals surface area contributed by atoms with Gasteiger partial charge in [-0.2, -0.15) is 0 Å². The number of ether oxygens (including phenoxy) is 2. The van der Waals surface area contributed by atoms with E-state index in [1.54, 1.807) is 4.90 Å². The molecule has 0 atom stereocenters. The topological polar surface area (TPSA) is 55.8 Å². The number of rotatable bonds is 16. The minimum Gasteiger partial charge on any atom is -0.466 e. The van der Waals surface area contributed by atoms with Crippen LogP contribution < -0.4 is 0 Å². The summed E-state index contributed by atoms with van der Waals surface area (Å²) < 4.78 is 10.00. The maximum atomic E-state index is 11.7. The Morgan fingerprint density at radius 1 is 0.963 bits per heavy atom. The molecule has 0 spiro atoms. The largest absolute Gasteiger partial charge is 0.466 e. The fourth-order valence-corrected chi connectivity index (χ4v) is 3.35. The molecule has 0 N–H and O–H groups in total. The van der Waals surface area contributed by atoms with Crippen molar-refractivity contribution in [2.75, 3.05) is 19.8 Å². The van der Waals surface area contributed by atoms with Crippen LogP contribution in [0.4, 0.5) is 4.79 Å². The summed E-state index contributed by atoms with van der Waals surface area (Å²) in [7, 11) is 0. The van der Waals surface area contributed by atoms with Gasteiger partial charge in [0.25, 0.3) is 0 Å². The van der Waals surface area contributed by atoms with Crippen molar-refractivity contribution in [3.8, 4) is 0 Å². The predicted molar refractivity (Wildman–Crippen MR) is 108 cm³/mol. The number of amides is 1. The van der Waals surface area contributed by atoms with Crippen molar-refractivity contribution in [2.24, 2.45) is 0 Å². The monoisotopic (exact) mass is 381 g/mol. The normalized spacial score (nSPS) is 14.5. The molecule has 0 aromatic heterocycles. The van der Waals surface area contributed by atoms with E-state index in [2.05, 4.69) is 6.92 Å². The lowest BCUT2D eigenvalue weighted by molar-refractivity contribution is -0.143. The van der Waals surface area contributed by atoms with Gasteiger partial charge in [-0.05, 0) is 32.6 Å². The van der Waals surface area contributed by atoms with Gasteiger partial charge in [-0.1, -0.05) is 63.9 Å². The minimum atomic E-state index is -0.259. The number of cyclic esters (lactones) is 1. The maximum absolute atomic E-state index is 11.7. The van der Waals surface area contributed by atoms with Crippen LogP contribution >= 0.6 is 0 Å². The third-order valence-electron chi connectivity index (χ3n) is 4.92. The van der Waals surface area contributed by atoms with E-state index < -0.39 is 0 Å². The first kappa shape index (κ1) is 23.5. The number of esters is 1. The average Bonchev–Trinajstić information content (AvgIpc) is 3.05. The second-order valence-corrected chi connectivity index (χ2v) is 7.33. The summed E-state index contributed by atoms with van der Waals surface area (Å²) >= 11 is 0. The highest BCUT2D eigenvalue weighted by molar-refractivity contribution is 5.70. The lowest BCUT2D eigenvalue weighted by Gasteiger charge is -2.12. The summed E-state index contributed by atoms with van der Waals surface area (Å²) in [5.41, 5.74) is 1.24. The predicted octanol–water partition coefficient (Wildman–Crippen LogP) is 5.98. The standard InChI is InChI=1S/C22H39NO4/c1-3-5-6-7-8-9-10-11-12-14-20(15-13-16-21(24)26-4-2)19-23-17-18-27-22(23)25/h19H,3-18H2,1-2H3/b20-19+. The minimum absolute atomic E-state index is 0.138. The molecule has 27 heavy (non-hydrogen) atoms. The lowest BCUT2D eigenvalue weighted by Crippen LogP contribution is -2.18. The molecule has 5 nitrogen and oxygen atoms in total. The summed E-state index contributed by atoms with van der Waals surface area (Å²) in [5, 5.41) is 0. The lowest BCUT2D eigenvalue weighted by atomic mass is 10.0. The second kappa shape index (κ2) is 15.5. The zero-order valence-corrected chi connectivity index (χ0v) is 17.5. The van der Waals surface area contributed by atoms with Gasteiger partial charge in [-0.25, -0.2) is 4.79 Å². The Balaban J connectivity index is 2.28. The Morgan fingerprint density at radius 2 is 1.59 bits per heavy atom. The van der Waals surface area contributed by atoms with E-state index in [1.165, 1.54) is 56.9 Å². The number of carbonyl (C=O) groups is 2. The Labute approximate surface area is 165 Å². The van der Waals surface area contributed by atoms with Crippen LogP contribution in [-0.4, -0.2) is 36.7 Å². The van der Waals surface area contributed by atoms with Crippen LogP contribution in [0.2, 0.25) is 0 Å². The smallest absolute Gasteiger partial charge is 0.413 e. The molecule has 1 rings (SSSR count).